The minimum absolute atomic E-state index is 0.437. The minimum atomic E-state index is -1.16. The fourth-order valence-corrected chi connectivity index (χ4v) is 3.00. The molecule has 6 heteroatoms. The number of anilines is 2. The number of benzene rings is 2. The fraction of sp³-hybridized carbons (Fsp3) is 0.333. The quantitative estimate of drug-likeness (QED) is 0.611. The lowest BCUT2D eigenvalue weighted by Gasteiger charge is -2.15. The Morgan fingerprint density at radius 2 is 1.67 bits per heavy atom. The van der Waals surface area contributed by atoms with Crippen molar-refractivity contribution in [3.05, 3.63) is 52.6 Å². The lowest BCUT2D eigenvalue weighted by molar-refractivity contribution is -0.139. The van der Waals surface area contributed by atoms with Crippen LogP contribution in [-0.4, -0.2) is 23.5 Å². The number of nitrogens with one attached hydrogen (secondary N) is 2. The molecule has 3 N–H and O–H groups in total. The summed E-state index contributed by atoms with van der Waals surface area (Å²) in [5.41, 5.74) is 5.62. The number of rotatable bonds is 8. The van der Waals surface area contributed by atoms with Crippen molar-refractivity contribution in [3.63, 3.8) is 0 Å². The number of amides is 1. The monoisotopic (exact) mass is 370 g/mol. The standard InChI is InChI=1S/C21H26N2O4/c1-5-22-17-7-13(2)6-16(10-17)12-27-21-14(3)8-18(9-15(21)4)23-19(24)11-20(25)26/h6-10,22H,5,11-12H2,1-4H3,(H,23,24)(H,25,26). The van der Waals surface area contributed by atoms with Crippen molar-refractivity contribution < 1.29 is 19.4 Å². The van der Waals surface area contributed by atoms with E-state index >= 15 is 0 Å². The summed E-state index contributed by atoms with van der Waals surface area (Å²) >= 11 is 0. The van der Waals surface area contributed by atoms with Gasteiger partial charge in [-0.1, -0.05) is 6.07 Å². The highest BCUT2D eigenvalue weighted by atomic mass is 16.5. The van der Waals surface area contributed by atoms with Gasteiger partial charge in [-0.05, 0) is 74.2 Å². The van der Waals surface area contributed by atoms with Gasteiger partial charge in [0, 0.05) is 17.9 Å². The van der Waals surface area contributed by atoms with Gasteiger partial charge in [0.05, 0.1) is 0 Å². The SMILES string of the molecule is CCNc1cc(C)cc(COc2c(C)cc(NC(=O)CC(=O)O)cc2C)c1. The number of carbonyl (C=O) groups excluding carboxylic acids is 1. The number of carboxylic acids is 1. The molecule has 0 unspecified atom stereocenters. The molecule has 144 valence electrons. The van der Waals surface area contributed by atoms with Crippen LogP contribution in [0.5, 0.6) is 5.75 Å². The van der Waals surface area contributed by atoms with E-state index in [4.69, 9.17) is 9.84 Å². The molecule has 0 radical (unpaired) electrons. The van der Waals surface area contributed by atoms with Gasteiger partial charge in [-0.2, -0.15) is 0 Å². The molecule has 0 bridgehead atoms. The topological polar surface area (TPSA) is 87.7 Å². The predicted octanol–water partition coefficient (Wildman–Crippen LogP) is 4.04. The molecule has 0 saturated carbocycles. The first-order chi connectivity index (χ1) is 12.8. The van der Waals surface area contributed by atoms with Crippen molar-refractivity contribution in [2.24, 2.45) is 0 Å². The Labute approximate surface area is 159 Å². The molecule has 2 aromatic carbocycles. The van der Waals surface area contributed by atoms with Crippen molar-refractivity contribution in [2.75, 3.05) is 17.2 Å². The van der Waals surface area contributed by atoms with E-state index in [2.05, 4.69) is 42.7 Å². The van der Waals surface area contributed by atoms with Crippen LogP contribution in [0.2, 0.25) is 0 Å². The largest absolute Gasteiger partial charge is 0.488 e. The molecule has 2 rings (SSSR count). The molecule has 1 amide bonds. The molecule has 0 fully saturated rings. The Balaban J connectivity index is 2.11. The summed E-state index contributed by atoms with van der Waals surface area (Å²) in [7, 11) is 0. The number of ether oxygens (including phenoxy) is 1. The van der Waals surface area contributed by atoms with E-state index in [0.29, 0.717) is 12.3 Å². The van der Waals surface area contributed by atoms with Gasteiger partial charge in [-0.15, -0.1) is 0 Å². The molecular formula is C21H26N2O4. The highest BCUT2D eigenvalue weighted by Gasteiger charge is 2.11. The normalized spacial score (nSPS) is 10.4. The third-order valence-corrected chi connectivity index (χ3v) is 3.96. The molecule has 0 aliphatic rings. The number of carboxylic acid groups (broad SMARTS) is 1. The van der Waals surface area contributed by atoms with Crippen LogP contribution in [0, 0.1) is 20.8 Å². The first-order valence-electron chi connectivity index (χ1n) is 8.88. The van der Waals surface area contributed by atoms with Gasteiger partial charge in [0.1, 0.15) is 18.8 Å². The predicted molar refractivity (Wildman–Crippen MR) is 106 cm³/mol. The number of hydrogen-bond donors (Lipinski definition) is 3. The number of aliphatic carboxylic acids is 1. The van der Waals surface area contributed by atoms with Crippen LogP contribution in [0.25, 0.3) is 0 Å². The summed E-state index contributed by atoms with van der Waals surface area (Å²) < 4.78 is 6.03. The summed E-state index contributed by atoms with van der Waals surface area (Å²) in [6.07, 6.45) is -0.558. The van der Waals surface area contributed by atoms with E-state index in [1.807, 2.05) is 13.8 Å². The van der Waals surface area contributed by atoms with E-state index in [9.17, 15) is 9.59 Å². The molecule has 0 atom stereocenters. The Bertz CT molecular complexity index is 823. The molecule has 0 heterocycles. The third kappa shape index (κ3) is 6.02. The highest BCUT2D eigenvalue weighted by Crippen LogP contribution is 2.28. The molecule has 6 nitrogen and oxygen atoms in total. The maximum Gasteiger partial charge on any atom is 0.312 e. The summed E-state index contributed by atoms with van der Waals surface area (Å²) in [6.45, 7) is 9.20. The second kappa shape index (κ2) is 9.07. The summed E-state index contributed by atoms with van der Waals surface area (Å²) in [5.74, 6) is -0.945. The summed E-state index contributed by atoms with van der Waals surface area (Å²) in [4.78, 5) is 22.2. The van der Waals surface area contributed by atoms with Crippen LogP contribution in [-0.2, 0) is 16.2 Å². The van der Waals surface area contributed by atoms with Crippen LogP contribution in [0.15, 0.2) is 30.3 Å². The van der Waals surface area contributed by atoms with Crippen molar-refractivity contribution in [2.45, 2.75) is 40.7 Å². The minimum Gasteiger partial charge on any atom is -0.488 e. The van der Waals surface area contributed by atoms with Crippen molar-refractivity contribution in [1.82, 2.24) is 0 Å². The van der Waals surface area contributed by atoms with Gasteiger partial charge in [0.15, 0.2) is 0 Å². The van der Waals surface area contributed by atoms with Crippen molar-refractivity contribution in [3.8, 4) is 5.75 Å². The number of carbonyl (C=O) groups is 2. The van der Waals surface area contributed by atoms with E-state index in [-0.39, 0.29) is 0 Å². The molecule has 0 aliphatic carbocycles. The zero-order valence-electron chi connectivity index (χ0n) is 16.2. The third-order valence-electron chi connectivity index (χ3n) is 3.96. The molecule has 0 saturated heterocycles. The van der Waals surface area contributed by atoms with E-state index in [1.165, 1.54) is 0 Å². The fourth-order valence-electron chi connectivity index (χ4n) is 3.00. The van der Waals surface area contributed by atoms with Gasteiger partial charge in [0.25, 0.3) is 0 Å². The van der Waals surface area contributed by atoms with E-state index in [0.717, 1.165) is 40.2 Å². The number of aryl methyl sites for hydroxylation is 3. The van der Waals surface area contributed by atoms with Gasteiger partial charge < -0.3 is 20.5 Å². The Morgan fingerprint density at radius 1 is 1.00 bits per heavy atom. The van der Waals surface area contributed by atoms with Crippen molar-refractivity contribution >= 4 is 23.3 Å². The van der Waals surface area contributed by atoms with Gasteiger partial charge in [-0.3, -0.25) is 9.59 Å². The average Bonchev–Trinajstić information content (AvgIpc) is 2.52. The van der Waals surface area contributed by atoms with Crippen LogP contribution in [0.3, 0.4) is 0 Å². The lowest BCUT2D eigenvalue weighted by Crippen LogP contribution is -2.16. The van der Waals surface area contributed by atoms with Crippen LogP contribution in [0.4, 0.5) is 11.4 Å². The van der Waals surface area contributed by atoms with E-state index in [1.54, 1.807) is 12.1 Å². The van der Waals surface area contributed by atoms with Gasteiger partial charge in [-0.25, -0.2) is 0 Å². The van der Waals surface area contributed by atoms with Gasteiger partial charge >= 0.3 is 5.97 Å². The molecule has 0 aliphatic heterocycles. The molecular weight excluding hydrogens is 344 g/mol. The van der Waals surface area contributed by atoms with Crippen LogP contribution < -0.4 is 15.4 Å². The second-order valence-corrected chi connectivity index (χ2v) is 6.58. The first kappa shape index (κ1) is 20.3. The van der Waals surface area contributed by atoms with Crippen LogP contribution in [0.1, 0.15) is 35.6 Å². The number of hydrogen-bond acceptors (Lipinski definition) is 4. The smallest absolute Gasteiger partial charge is 0.312 e. The lowest BCUT2D eigenvalue weighted by atomic mass is 10.1. The molecule has 0 aromatic heterocycles. The highest BCUT2D eigenvalue weighted by molar-refractivity contribution is 6.01. The second-order valence-electron chi connectivity index (χ2n) is 6.58. The first-order valence-corrected chi connectivity index (χ1v) is 8.88. The molecule has 27 heavy (non-hydrogen) atoms. The van der Waals surface area contributed by atoms with Crippen LogP contribution >= 0.6 is 0 Å². The maximum atomic E-state index is 11.6. The molecule has 2 aromatic rings. The van der Waals surface area contributed by atoms with Gasteiger partial charge in [0.2, 0.25) is 5.91 Å². The zero-order chi connectivity index (χ0) is 20.0. The zero-order valence-corrected chi connectivity index (χ0v) is 16.2. The average molecular weight is 370 g/mol. The summed E-state index contributed by atoms with van der Waals surface area (Å²) in [5, 5.41) is 14.6. The maximum absolute atomic E-state index is 11.6. The Morgan fingerprint density at radius 3 is 2.26 bits per heavy atom. The Kier molecular flexibility index (Phi) is 6.82. The Hall–Kier alpha value is -3.02. The molecule has 0 spiro atoms. The summed E-state index contributed by atoms with van der Waals surface area (Å²) in [6, 6.07) is 9.82. The van der Waals surface area contributed by atoms with Crippen molar-refractivity contribution in [1.29, 1.82) is 0 Å². The van der Waals surface area contributed by atoms with E-state index < -0.39 is 18.3 Å².